The molecule has 1 amide bonds. The molecule has 0 spiro atoms. The number of aromatic nitrogens is 2. The van der Waals surface area contributed by atoms with E-state index in [4.69, 9.17) is 9.26 Å². The molecule has 1 aliphatic carbocycles. The van der Waals surface area contributed by atoms with Gasteiger partial charge in [-0.05, 0) is 50.0 Å². The van der Waals surface area contributed by atoms with Gasteiger partial charge in [-0.25, -0.2) is 13.6 Å². The van der Waals surface area contributed by atoms with Crippen LogP contribution >= 0.6 is 0 Å². The fourth-order valence-electron chi connectivity index (χ4n) is 5.82. The van der Waals surface area contributed by atoms with E-state index in [0.717, 1.165) is 16.7 Å². The number of amides is 1. The molecule has 38 heavy (non-hydrogen) atoms. The Bertz CT molecular complexity index is 1400. The molecule has 3 aromatic rings. The summed E-state index contributed by atoms with van der Waals surface area (Å²) in [5.74, 6) is -7.10. The fourth-order valence-corrected chi connectivity index (χ4v) is 5.82. The van der Waals surface area contributed by atoms with Crippen molar-refractivity contribution in [3.63, 3.8) is 0 Å². The van der Waals surface area contributed by atoms with Crippen molar-refractivity contribution in [1.82, 2.24) is 15.5 Å². The van der Waals surface area contributed by atoms with Crippen LogP contribution in [0.15, 0.2) is 59.3 Å². The molecule has 1 saturated heterocycles. The van der Waals surface area contributed by atoms with Gasteiger partial charge in [0.15, 0.2) is 11.2 Å². The highest BCUT2D eigenvalue weighted by molar-refractivity contribution is 5.97. The van der Waals surface area contributed by atoms with Crippen molar-refractivity contribution in [3.05, 3.63) is 77.4 Å². The van der Waals surface area contributed by atoms with Crippen LogP contribution in [0.25, 0.3) is 17.2 Å². The van der Waals surface area contributed by atoms with Gasteiger partial charge in [0.2, 0.25) is 0 Å². The quantitative estimate of drug-likeness (QED) is 0.453. The summed E-state index contributed by atoms with van der Waals surface area (Å²) in [6, 6.07) is 13.1. The van der Waals surface area contributed by atoms with Gasteiger partial charge < -0.3 is 14.6 Å². The molecule has 9 heteroatoms. The summed E-state index contributed by atoms with van der Waals surface area (Å²) < 4.78 is 41.3. The number of nitrogens with one attached hydrogen (secondary N) is 1. The summed E-state index contributed by atoms with van der Waals surface area (Å²) >= 11 is 0. The Hall–Kier alpha value is -3.88. The van der Waals surface area contributed by atoms with Crippen LogP contribution < -0.4 is 5.32 Å². The lowest BCUT2D eigenvalue weighted by Gasteiger charge is -2.47. The third kappa shape index (κ3) is 4.40. The van der Waals surface area contributed by atoms with E-state index in [-0.39, 0.29) is 5.69 Å². The van der Waals surface area contributed by atoms with E-state index in [2.05, 4.69) is 15.5 Å². The van der Waals surface area contributed by atoms with Crippen LogP contribution in [-0.2, 0) is 9.53 Å². The number of ether oxygens (including phenoxy) is 1. The van der Waals surface area contributed by atoms with E-state index in [0.29, 0.717) is 11.5 Å². The highest BCUT2D eigenvalue weighted by atomic mass is 19.3. The van der Waals surface area contributed by atoms with Gasteiger partial charge in [-0.15, -0.1) is 0 Å². The minimum atomic E-state index is -3.25. The summed E-state index contributed by atoms with van der Waals surface area (Å²) in [6.45, 7) is 6.76. The van der Waals surface area contributed by atoms with E-state index < -0.39 is 53.6 Å². The molecular weight excluding hydrogens is 492 g/mol. The second-order valence-electron chi connectivity index (χ2n) is 10.3. The van der Waals surface area contributed by atoms with E-state index >= 15 is 8.78 Å². The number of pyridine rings is 1. The Balaban J connectivity index is 1.46. The summed E-state index contributed by atoms with van der Waals surface area (Å²) in [4.78, 5) is 30.5. The largest absolute Gasteiger partial charge is 0.460 e. The summed E-state index contributed by atoms with van der Waals surface area (Å²) in [5, 5.41) is 6.24. The topological polar surface area (TPSA) is 94.3 Å². The number of carbonyl (C=O) groups excluding carboxylic acids is 2. The number of benzene rings is 1. The van der Waals surface area contributed by atoms with Crippen LogP contribution in [0.2, 0.25) is 0 Å². The molecular formula is C29H29F2N3O4. The number of rotatable bonds is 5. The number of carbonyl (C=O) groups is 2. The molecule has 1 saturated carbocycles. The Labute approximate surface area is 219 Å². The third-order valence-electron chi connectivity index (χ3n) is 7.83. The van der Waals surface area contributed by atoms with Crippen molar-refractivity contribution in [1.29, 1.82) is 0 Å². The minimum Gasteiger partial charge on any atom is -0.460 e. The maximum Gasteiger partial charge on any atom is 0.332 e. The molecule has 1 aromatic carbocycles. The number of hydrogen-bond acceptors (Lipinski definition) is 6. The Morgan fingerprint density at radius 2 is 1.92 bits per heavy atom. The lowest BCUT2D eigenvalue weighted by atomic mass is 9.60. The molecule has 0 bridgehead atoms. The SMILES string of the molecule is Cc1cc(C(=O)N[C@@]23CC(F)(F)[C@@H](C)[C@H](/C=C/c4ccc(-c5ccccc5C)cn4)[C@@H]2[C@@H](C)OC3=O)no1. The van der Waals surface area contributed by atoms with Crippen molar-refractivity contribution in [2.24, 2.45) is 17.8 Å². The first-order valence-corrected chi connectivity index (χ1v) is 12.6. The zero-order chi connectivity index (χ0) is 27.2. The number of hydrogen-bond donors (Lipinski definition) is 1. The molecule has 3 heterocycles. The van der Waals surface area contributed by atoms with Gasteiger partial charge in [-0.1, -0.05) is 48.5 Å². The van der Waals surface area contributed by atoms with Gasteiger partial charge in [0.05, 0.1) is 5.69 Å². The molecule has 0 unspecified atom stereocenters. The van der Waals surface area contributed by atoms with Gasteiger partial charge in [0.25, 0.3) is 11.8 Å². The van der Waals surface area contributed by atoms with Crippen LogP contribution in [0.4, 0.5) is 8.78 Å². The Morgan fingerprint density at radius 3 is 2.58 bits per heavy atom. The van der Waals surface area contributed by atoms with Gasteiger partial charge in [-0.3, -0.25) is 9.78 Å². The molecule has 7 nitrogen and oxygen atoms in total. The number of alkyl halides is 2. The predicted molar refractivity (Wildman–Crippen MR) is 136 cm³/mol. The number of fused-ring (bicyclic) bond motifs is 1. The minimum absolute atomic E-state index is 0.0880. The van der Waals surface area contributed by atoms with E-state index in [9.17, 15) is 9.59 Å². The predicted octanol–water partition coefficient (Wildman–Crippen LogP) is 5.39. The molecule has 2 aliphatic rings. The molecule has 1 N–H and O–H groups in total. The van der Waals surface area contributed by atoms with Crippen molar-refractivity contribution >= 4 is 18.0 Å². The zero-order valence-electron chi connectivity index (χ0n) is 21.6. The van der Waals surface area contributed by atoms with Crippen molar-refractivity contribution in [3.8, 4) is 11.1 Å². The van der Waals surface area contributed by atoms with E-state index in [1.165, 1.54) is 13.0 Å². The number of cyclic esters (lactones) is 1. The lowest BCUT2D eigenvalue weighted by molar-refractivity contribution is -0.158. The van der Waals surface area contributed by atoms with Crippen LogP contribution in [0.5, 0.6) is 0 Å². The van der Waals surface area contributed by atoms with Crippen molar-refractivity contribution in [2.45, 2.75) is 51.7 Å². The maximum absolute atomic E-state index is 15.5. The van der Waals surface area contributed by atoms with Crippen molar-refractivity contribution in [2.75, 3.05) is 0 Å². The standard InChI is InChI=1S/C29H29F2N3O4/c1-16-7-5-6-8-22(16)20-9-10-21(32-14-20)11-12-23-18(3)29(30,31)15-28(25(23)19(4)37-27(28)36)33-26(35)24-13-17(2)38-34-24/h5-14,18-19,23,25H,15H2,1-4H3,(H,33,35)/b12-11+/t18-,19+,23-,25-,28-/m0/s1. The second kappa shape index (κ2) is 9.45. The van der Waals surface area contributed by atoms with Crippen LogP contribution in [0.3, 0.4) is 0 Å². The molecule has 5 atom stereocenters. The summed E-state index contributed by atoms with van der Waals surface area (Å²) in [7, 11) is 0. The van der Waals surface area contributed by atoms with Crippen molar-refractivity contribution < 1.29 is 27.6 Å². The maximum atomic E-state index is 15.5. The average molecular weight is 522 g/mol. The first kappa shape index (κ1) is 25.8. The average Bonchev–Trinajstić information content (AvgIpc) is 3.41. The highest BCUT2D eigenvalue weighted by Crippen LogP contribution is 2.55. The number of allylic oxidation sites excluding steroid dienone is 1. The molecule has 0 radical (unpaired) electrons. The van der Waals surface area contributed by atoms with Gasteiger partial charge in [0, 0.05) is 36.1 Å². The summed E-state index contributed by atoms with van der Waals surface area (Å²) in [6.07, 6.45) is 3.55. The van der Waals surface area contributed by atoms with Gasteiger partial charge in [-0.2, -0.15) is 0 Å². The summed E-state index contributed by atoms with van der Waals surface area (Å²) in [5.41, 5.74) is 1.73. The molecule has 2 fully saturated rings. The molecule has 2 aromatic heterocycles. The molecule has 198 valence electrons. The van der Waals surface area contributed by atoms with Gasteiger partial charge >= 0.3 is 5.97 Å². The lowest BCUT2D eigenvalue weighted by Crippen LogP contribution is -2.66. The number of nitrogens with zero attached hydrogens (tertiary/aromatic N) is 2. The van der Waals surface area contributed by atoms with Crippen LogP contribution in [-0.4, -0.2) is 39.6 Å². The van der Waals surface area contributed by atoms with E-state index in [1.807, 2.05) is 43.3 Å². The van der Waals surface area contributed by atoms with Gasteiger partial charge in [0.1, 0.15) is 11.9 Å². The van der Waals surface area contributed by atoms with E-state index in [1.54, 1.807) is 32.2 Å². The number of aryl methyl sites for hydroxylation is 2. The molecule has 5 rings (SSSR count). The van der Waals surface area contributed by atoms with Crippen LogP contribution in [0, 0.1) is 31.6 Å². The smallest absolute Gasteiger partial charge is 0.332 e. The van der Waals surface area contributed by atoms with Crippen LogP contribution in [0.1, 0.15) is 47.8 Å². The fraction of sp³-hybridized carbons (Fsp3) is 0.379. The monoisotopic (exact) mass is 521 g/mol. The molecule has 1 aliphatic heterocycles. The zero-order valence-corrected chi connectivity index (χ0v) is 21.6. The number of esters is 1. The third-order valence-corrected chi connectivity index (χ3v) is 7.83. The Morgan fingerprint density at radius 1 is 1.16 bits per heavy atom. The first-order valence-electron chi connectivity index (χ1n) is 12.6. The Kier molecular flexibility index (Phi) is 6.41. The highest BCUT2D eigenvalue weighted by Gasteiger charge is 2.68. The first-order chi connectivity index (χ1) is 18.0. The second-order valence-corrected chi connectivity index (χ2v) is 10.3. The normalized spacial score (nSPS) is 28.2. The number of halogens is 2.